The molecule has 0 saturated carbocycles. The highest BCUT2D eigenvalue weighted by atomic mass is 16.5. The molecule has 4 heteroatoms. The van der Waals surface area contributed by atoms with Crippen LogP contribution in [-0.2, 0) is 13.0 Å². The molecule has 4 nitrogen and oxygen atoms in total. The second kappa shape index (κ2) is 4.02. The van der Waals surface area contributed by atoms with Gasteiger partial charge in [0.25, 0.3) is 0 Å². The number of aryl methyl sites for hydroxylation is 1. The van der Waals surface area contributed by atoms with Gasteiger partial charge in [-0.15, -0.1) is 0 Å². The van der Waals surface area contributed by atoms with Gasteiger partial charge in [0.1, 0.15) is 11.4 Å². The average Bonchev–Trinajstić information content (AvgIpc) is 2.81. The van der Waals surface area contributed by atoms with E-state index < -0.39 is 0 Å². The molecule has 0 amide bonds. The summed E-state index contributed by atoms with van der Waals surface area (Å²) < 4.78 is 8.08. The molecule has 3 rings (SSSR count). The van der Waals surface area contributed by atoms with Crippen molar-refractivity contribution in [2.45, 2.75) is 39.3 Å². The van der Waals surface area contributed by atoms with Gasteiger partial charge in [0, 0.05) is 17.7 Å². The van der Waals surface area contributed by atoms with Crippen LogP contribution in [0.25, 0.3) is 0 Å². The Balaban J connectivity index is 1.98. The summed E-state index contributed by atoms with van der Waals surface area (Å²) in [5.41, 5.74) is 9.28. The van der Waals surface area contributed by atoms with Crippen LogP contribution in [0.3, 0.4) is 0 Å². The maximum Gasteiger partial charge on any atom is 0.200 e. The molecule has 1 aromatic heterocycles. The quantitative estimate of drug-likeness (QED) is 0.899. The molecule has 0 bridgehead atoms. The second-order valence-corrected chi connectivity index (χ2v) is 5.79. The van der Waals surface area contributed by atoms with E-state index in [1.165, 1.54) is 5.56 Å². The molecule has 0 atom stereocenters. The van der Waals surface area contributed by atoms with E-state index in [1.54, 1.807) is 6.20 Å². The summed E-state index contributed by atoms with van der Waals surface area (Å²) in [6, 6.07) is 6.32. The van der Waals surface area contributed by atoms with Gasteiger partial charge in [0.15, 0.2) is 0 Å². The minimum absolute atomic E-state index is 0.117. The fraction of sp³-hybridized carbons (Fsp3) is 0.400. The minimum Gasteiger partial charge on any atom is -0.487 e. The van der Waals surface area contributed by atoms with Gasteiger partial charge in [-0.1, -0.05) is 18.2 Å². The normalized spacial score (nSPS) is 16.2. The van der Waals surface area contributed by atoms with Gasteiger partial charge in [0.2, 0.25) is 5.95 Å². The number of hydrogen-bond donors (Lipinski definition) is 1. The van der Waals surface area contributed by atoms with Gasteiger partial charge >= 0.3 is 0 Å². The van der Waals surface area contributed by atoms with E-state index in [9.17, 15) is 0 Å². The maximum atomic E-state index is 6.08. The zero-order valence-electron chi connectivity index (χ0n) is 11.6. The number of ether oxygens (including phenoxy) is 1. The molecule has 100 valence electrons. The Morgan fingerprint density at radius 3 is 2.89 bits per heavy atom. The number of anilines is 1. The van der Waals surface area contributed by atoms with Crippen LogP contribution in [0.15, 0.2) is 24.4 Å². The van der Waals surface area contributed by atoms with Crippen molar-refractivity contribution in [3.63, 3.8) is 0 Å². The summed E-state index contributed by atoms with van der Waals surface area (Å²) in [5, 5.41) is 0. The summed E-state index contributed by atoms with van der Waals surface area (Å²) in [6.45, 7) is 6.95. The third-order valence-corrected chi connectivity index (χ3v) is 3.59. The van der Waals surface area contributed by atoms with Gasteiger partial charge in [-0.25, -0.2) is 4.98 Å². The fourth-order valence-corrected chi connectivity index (χ4v) is 2.66. The molecule has 2 heterocycles. The molecular formula is C15H19N3O. The standard InChI is InChI=1S/C15H19N3O/c1-10-8-17-14(16)18(10)9-12-6-4-5-11-7-15(2,3)19-13(11)12/h4-6,8H,7,9H2,1-3H3,(H2,16,17). The monoisotopic (exact) mass is 257 g/mol. The first kappa shape index (κ1) is 12.1. The van der Waals surface area contributed by atoms with E-state index in [0.717, 1.165) is 23.4 Å². The van der Waals surface area contributed by atoms with Crippen LogP contribution in [0.5, 0.6) is 5.75 Å². The molecular weight excluding hydrogens is 238 g/mol. The number of para-hydroxylation sites is 1. The number of imidazole rings is 1. The van der Waals surface area contributed by atoms with E-state index in [-0.39, 0.29) is 5.60 Å². The Labute approximate surface area is 113 Å². The Morgan fingerprint density at radius 2 is 2.21 bits per heavy atom. The number of benzene rings is 1. The van der Waals surface area contributed by atoms with E-state index in [4.69, 9.17) is 10.5 Å². The lowest BCUT2D eigenvalue weighted by molar-refractivity contribution is 0.137. The largest absolute Gasteiger partial charge is 0.487 e. The molecule has 0 saturated heterocycles. The van der Waals surface area contributed by atoms with Crippen LogP contribution in [0.2, 0.25) is 0 Å². The fourth-order valence-electron chi connectivity index (χ4n) is 2.66. The summed E-state index contributed by atoms with van der Waals surface area (Å²) in [5.74, 6) is 1.56. The highest BCUT2D eigenvalue weighted by Crippen LogP contribution is 2.38. The lowest BCUT2D eigenvalue weighted by atomic mass is 10.0. The van der Waals surface area contributed by atoms with Gasteiger partial charge in [0.05, 0.1) is 12.7 Å². The van der Waals surface area contributed by atoms with Crippen LogP contribution >= 0.6 is 0 Å². The summed E-state index contributed by atoms with van der Waals surface area (Å²) in [6.07, 6.45) is 2.75. The molecule has 19 heavy (non-hydrogen) atoms. The lowest BCUT2D eigenvalue weighted by Gasteiger charge is -2.18. The van der Waals surface area contributed by atoms with Gasteiger partial charge in [-0.3, -0.25) is 0 Å². The van der Waals surface area contributed by atoms with Crippen LogP contribution < -0.4 is 10.5 Å². The SMILES string of the molecule is Cc1cnc(N)n1Cc1cccc2c1OC(C)(C)C2. The minimum atomic E-state index is -0.117. The van der Waals surface area contributed by atoms with E-state index >= 15 is 0 Å². The zero-order valence-corrected chi connectivity index (χ0v) is 11.6. The van der Waals surface area contributed by atoms with E-state index in [1.807, 2.05) is 11.5 Å². The van der Waals surface area contributed by atoms with Gasteiger partial charge in [-0.05, 0) is 26.3 Å². The van der Waals surface area contributed by atoms with Crippen LogP contribution in [-0.4, -0.2) is 15.2 Å². The van der Waals surface area contributed by atoms with Crippen molar-refractivity contribution < 1.29 is 4.74 Å². The number of nitrogens with zero attached hydrogens (tertiary/aromatic N) is 2. The first-order valence-corrected chi connectivity index (χ1v) is 6.54. The molecule has 2 N–H and O–H groups in total. The first-order chi connectivity index (χ1) is 8.96. The molecule has 1 aliphatic rings. The molecule has 1 aromatic carbocycles. The molecule has 0 fully saturated rings. The van der Waals surface area contributed by atoms with Crippen molar-refractivity contribution in [2.24, 2.45) is 0 Å². The van der Waals surface area contributed by atoms with Crippen molar-refractivity contribution in [3.05, 3.63) is 41.2 Å². The van der Waals surface area contributed by atoms with Crippen molar-refractivity contribution in [1.82, 2.24) is 9.55 Å². The van der Waals surface area contributed by atoms with Crippen LogP contribution in [0.1, 0.15) is 30.7 Å². The summed E-state index contributed by atoms with van der Waals surface area (Å²) in [4.78, 5) is 4.13. The Kier molecular flexibility index (Phi) is 2.55. The van der Waals surface area contributed by atoms with Crippen LogP contribution in [0.4, 0.5) is 5.95 Å². The van der Waals surface area contributed by atoms with Gasteiger partial charge < -0.3 is 15.0 Å². The summed E-state index contributed by atoms with van der Waals surface area (Å²) in [7, 11) is 0. The lowest BCUT2D eigenvalue weighted by Crippen LogP contribution is -2.25. The number of hydrogen-bond acceptors (Lipinski definition) is 3. The number of fused-ring (bicyclic) bond motifs is 1. The molecule has 0 unspecified atom stereocenters. The molecule has 0 spiro atoms. The number of nitrogen functional groups attached to an aromatic ring is 1. The topological polar surface area (TPSA) is 53.1 Å². The summed E-state index contributed by atoms with van der Waals surface area (Å²) >= 11 is 0. The zero-order chi connectivity index (χ0) is 13.6. The van der Waals surface area contributed by atoms with Crippen LogP contribution in [0, 0.1) is 6.92 Å². The highest BCUT2D eigenvalue weighted by molar-refractivity contribution is 5.46. The predicted molar refractivity (Wildman–Crippen MR) is 75.3 cm³/mol. The molecule has 0 radical (unpaired) electrons. The van der Waals surface area contributed by atoms with E-state index in [2.05, 4.69) is 37.0 Å². The number of nitrogens with two attached hydrogens (primary N) is 1. The Morgan fingerprint density at radius 1 is 1.42 bits per heavy atom. The smallest absolute Gasteiger partial charge is 0.200 e. The van der Waals surface area contributed by atoms with Gasteiger partial charge in [-0.2, -0.15) is 0 Å². The Bertz CT molecular complexity index is 609. The second-order valence-electron chi connectivity index (χ2n) is 5.79. The van der Waals surface area contributed by atoms with Crippen molar-refractivity contribution in [1.29, 1.82) is 0 Å². The third kappa shape index (κ3) is 2.07. The Hall–Kier alpha value is -1.97. The van der Waals surface area contributed by atoms with Crippen molar-refractivity contribution >= 4 is 5.95 Å². The third-order valence-electron chi connectivity index (χ3n) is 3.59. The molecule has 1 aliphatic heterocycles. The molecule has 2 aromatic rings. The van der Waals surface area contributed by atoms with E-state index in [0.29, 0.717) is 12.5 Å². The maximum absolute atomic E-state index is 6.08. The first-order valence-electron chi connectivity index (χ1n) is 6.54. The van der Waals surface area contributed by atoms with Crippen molar-refractivity contribution in [2.75, 3.05) is 5.73 Å². The predicted octanol–water partition coefficient (Wildman–Crippen LogP) is 2.54. The number of aromatic nitrogens is 2. The average molecular weight is 257 g/mol. The molecule has 0 aliphatic carbocycles. The highest BCUT2D eigenvalue weighted by Gasteiger charge is 2.31. The number of rotatable bonds is 2. The van der Waals surface area contributed by atoms with Crippen molar-refractivity contribution in [3.8, 4) is 5.75 Å².